The fraction of sp³-hybridized carbons (Fsp3) is 0.571. The van der Waals surface area contributed by atoms with Crippen LogP contribution < -0.4 is 5.32 Å². The second-order valence-electron chi connectivity index (χ2n) is 4.71. The lowest BCUT2D eigenvalue weighted by atomic mass is 10.1. The van der Waals surface area contributed by atoms with Gasteiger partial charge in [0.15, 0.2) is 0 Å². The van der Waals surface area contributed by atoms with Crippen molar-refractivity contribution in [3.63, 3.8) is 0 Å². The lowest BCUT2D eigenvalue weighted by Gasteiger charge is -2.27. The maximum Gasteiger partial charge on any atom is 0.224 e. The largest absolute Gasteiger partial charge is 0.378 e. The fourth-order valence-corrected chi connectivity index (χ4v) is 2.12. The third-order valence-electron chi connectivity index (χ3n) is 3.34. The predicted octanol–water partition coefficient (Wildman–Crippen LogP) is 0.981. The molecule has 19 heavy (non-hydrogen) atoms. The van der Waals surface area contributed by atoms with Crippen molar-refractivity contribution < 1.29 is 9.53 Å². The maximum absolute atomic E-state index is 11.9. The molecule has 1 unspecified atom stereocenters. The highest BCUT2D eigenvalue weighted by Crippen LogP contribution is 2.09. The first-order valence-corrected chi connectivity index (χ1v) is 6.76. The van der Waals surface area contributed by atoms with Crippen LogP contribution >= 0.6 is 0 Å². The van der Waals surface area contributed by atoms with Crippen LogP contribution in [0.25, 0.3) is 0 Å². The zero-order chi connectivity index (χ0) is 13.5. The minimum absolute atomic E-state index is 0.203. The van der Waals surface area contributed by atoms with Gasteiger partial charge in [-0.1, -0.05) is 6.07 Å². The summed E-state index contributed by atoms with van der Waals surface area (Å²) < 4.78 is 5.23. The number of rotatable bonds is 5. The standard InChI is InChI=1S/C14H21N3O2/c1-12(13-3-2-5-15-11-13)16-6-4-14(18)17-7-9-19-10-8-17/h2-3,5,11-12,16H,4,6-10H2,1H3. The third kappa shape index (κ3) is 4.29. The molecule has 0 aliphatic carbocycles. The van der Waals surface area contributed by atoms with Crippen molar-refractivity contribution in [2.45, 2.75) is 19.4 Å². The molecule has 0 spiro atoms. The number of carbonyl (C=O) groups excluding carboxylic acids is 1. The topological polar surface area (TPSA) is 54.5 Å². The molecule has 2 heterocycles. The average Bonchev–Trinajstić information content (AvgIpc) is 2.49. The first-order valence-electron chi connectivity index (χ1n) is 6.76. The van der Waals surface area contributed by atoms with E-state index in [0.29, 0.717) is 26.2 Å². The number of nitrogens with one attached hydrogen (secondary N) is 1. The number of aromatic nitrogens is 1. The average molecular weight is 263 g/mol. The first kappa shape index (κ1) is 14.0. The molecule has 0 aromatic carbocycles. The third-order valence-corrected chi connectivity index (χ3v) is 3.34. The molecule has 5 nitrogen and oxygen atoms in total. The minimum Gasteiger partial charge on any atom is -0.378 e. The number of carbonyl (C=O) groups is 1. The summed E-state index contributed by atoms with van der Waals surface area (Å²) in [5, 5.41) is 3.35. The Balaban J connectivity index is 1.69. The van der Waals surface area contributed by atoms with Gasteiger partial charge in [0.25, 0.3) is 0 Å². The molecule has 1 aliphatic rings. The van der Waals surface area contributed by atoms with E-state index in [1.165, 1.54) is 0 Å². The molecular formula is C14H21N3O2. The molecular weight excluding hydrogens is 242 g/mol. The van der Waals surface area contributed by atoms with E-state index in [4.69, 9.17) is 4.74 Å². The Morgan fingerprint density at radius 1 is 1.53 bits per heavy atom. The summed E-state index contributed by atoms with van der Waals surface area (Å²) in [7, 11) is 0. The summed E-state index contributed by atoms with van der Waals surface area (Å²) >= 11 is 0. The van der Waals surface area contributed by atoms with Gasteiger partial charge < -0.3 is 15.0 Å². The maximum atomic E-state index is 11.9. The van der Waals surface area contributed by atoms with Gasteiger partial charge in [-0.05, 0) is 18.6 Å². The van der Waals surface area contributed by atoms with Crippen LogP contribution in [-0.4, -0.2) is 48.6 Å². The summed E-state index contributed by atoms with van der Waals surface area (Å²) in [6.07, 6.45) is 4.14. The van der Waals surface area contributed by atoms with E-state index in [9.17, 15) is 4.79 Å². The quantitative estimate of drug-likeness (QED) is 0.860. The highest BCUT2D eigenvalue weighted by molar-refractivity contribution is 5.76. The van der Waals surface area contributed by atoms with Crippen LogP contribution in [0.4, 0.5) is 0 Å². The normalized spacial score (nSPS) is 17.2. The van der Waals surface area contributed by atoms with Crippen LogP contribution in [0.15, 0.2) is 24.5 Å². The molecule has 1 amide bonds. The van der Waals surface area contributed by atoms with Gasteiger partial charge in [0.05, 0.1) is 13.2 Å². The van der Waals surface area contributed by atoms with Gasteiger partial charge in [0.1, 0.15) is 0 Å². The molecule has 0 bridgehead atoms. The van der Waals surface area contributed by atoms with Gasteiger partial charge in [-0.25, -0.2) is 0 Å². The highest BCUT2D eigenvalue weighted by atomic mass is 16.5. The van der Waals surface area contributed by atoms with Crippen molar-refractivity contribution in [2.75, 3.05) is 32.8 Å². The molecule has 2 rings (SSSR count). The molecule has 0 radical (unpaired) electrons. The Labute approximate surface area is 114 Å². The number of hydrogen-bond acceptors (Lipinski definition) is 4. The molecule has 0 saturated carbocycles. The van der Waals surface area contributed by atoms with E-state index < -0.39 is 0 Å². The fourth-order valence-electron chi connectivity index (χ4n) is 2.12. The van der Waals surface area contributed by atoms with Crippen LogP contribution in [0, 0.1) is 0 Å². The van der Waals surface area contributed by atoms with Crippen molar-refractivity contribution >= 4 is 5.91 Å². The second-order valence-corrected chi connectivity index (χ2v) is 4.71. The molecule has 1 aromatic heterocycles. The van der Waals surface area contributed by atoms with E-state index in [1.54, 1.807) is 6.20 Å². The molecule has 1 atom stereocenters. The number of nitrogens with zero attached hydrogens (tertiary/aromatic N) is 2. The summed E-state index contributed by atoms with van der Waals surface area (Å²) in [5.74, 6) is 0.203. The molecule has 1 saturated heterocycles. The Morgan fingerprint density at radius 2 is 2.32 bits per heavy atom. The Morgan fingerprint density at radius 3 is 3.00 bits per heavy atom. The zero-order valence-electron chi connectivity index (χ0n) is 11.3. The Bertz CT molecular complexity index is 391. The Hall–Kier alpha value is -1.46. The molecule has 104 valence electrons. The number of ether oxygens (including phenoxy) is 1. The van der Waals surface area contributed by atoms with E-state index in [2.05, 4.69) is 17.2 Å². The minimum atomic E-state index is 0.203. The van der Waals surface area contributed by atoms with E-state index in [0.717, 1.165) is 18.7 Å². The van der Waals surface area contributed by atoms with Crippen molar-refractivity contribution in [2.24, 2.45) is 0 Å². The van der Waals surface area contributed by atoms with Gasteiger partial charge >= 0.3 is 0 Å². The van der Waals surface area contributed by atoms with Crippen LogP contribution in [0.2, 0.25) is 0 Å². The van der Waals surface area contributed by atoms with E-state index in [-0.39, 0.29) is 11.9 Å². The SMILES string of the molecule is CC(NCCC(=O)N1CCOCC1)c1cccnc1. The van der Waals surface area contributed by atoms with Crippen molar-refractivity contribution in [1.29, 1.82) is 0 Å². The molecule has 1 aliphatic heterocycles. The van der Waals surface area contributed by atoms with Gasteiger partial charge in [-0.2, -0.15) is 0 Å². The lowest BCUT2D eigenvalue weighted by molar-refractivity contribution is -0.135. The number of morpholine rings is 1. The molecule has 1 N–H and O–H groups in total. The first-order chi connectivity index (χ1) is 9.27. The summed E-state index contributed by atoms with van der Waals surface area (Å²) in [4.78, 5) is 17.9. The second kappa shape index (κ2) is 7.21. The van der Waals surface area contributed by atoms with Gasteiger partial charge in [0, 0.05) is 44.5 Å². The summed E-state index contributed by atoms with van der Waals surface area (Å²) in [6, 6.07) is 4.17. The molecule has 1 fully saturated rings. The summed E-state index contributed by atoms with van der Waals surface area (Å²) in [5.41, 5.74) is 1.14. The predicted molar refractivity (Wildman–Crippen MR) is 72.7 cm³/mol. The number of pyridine rings is 1. The number of hydrogen-bond donors (Lipinski definition) is 1. The lowest BCUT2D eigenvalue weighted by Crippen LogP contribution is -2.41. The molecule has 1 aromatic rings. The van der Waals surface area contributed by atoms with Crippen LogP contribution in [0.1, 0.15) is 24.9 Å². The van der Waals surface area contributed by atoms with E-state index >= 15 is 0 Å². The van der Waals surface area contributed by atoms with Crippen molar-refractivity contribution in [3.8, 4) is 0 Å². The van der Waals surface area contributed by atoms with Gasteiger partial charge in [0.2, 0.25) is 5.91 Å². The van der Waals surface area contributed by atoms with Crippen LogP contribution in [0.3, 0.4) is 0 Å². The Kier molecular flexibility index (Phi) is 5.30. The van der Waals surface area contributed by atoms with Crippen LogP contribution in [-0.2, 0) is 9.53 Å². The van der Waals surface area contributed by atoms with Crippen molar-refractivity contribution in [1.82, 2.24) is 15.2 Å². The van der Waals surface area contributed by atoms with E-state index in [1.807, 2.05) is 23.2 Å². The number of amides is 1. The monoisotopic (exact) mass is 263 g/mol. The van der Waals surface area contributed by atoms with Gasteiger partial charge in [-0.15, -0.1) is 0 Å². The van der Waals surface area contributed by atoms with Gasteiger partial charge in [-0.3, -0.25) is 9.78 Å². The smallest absolute Gasteiger partial charge is 0.224 e. The summed E-state index contributed by atoms with van der Waals surface area (Å²) in [6.45, 7) is 5.52. The highest BCUT2D eigenvalue weighted by Gasteiger charge is 2.16. The van der Waals surface area contributed by atoms with Crippen LogP contribution in [0.5, 0.6) is 0 Å². The zero-order valence-corrected chi connectivity index (χ0v) is 11.3. The molecule has 5 heteroatoms. The van der Waals surface area contributed by atoms with Crippen molar-refractivity contribution in [3.05, 3.63) is 30.1 Å².